The highest BCUT2D eigenvalue weighted by atomic mass is 35.5. The molecule has 18 heavy (non-hydrogen) atoms. The van der Waals surface area contributed by atoms with Crippen molar-refractivity contribution in [1.82, 2.24) is 4.72 Å². The molecule has 1 rings (SSSR count). The maximum atomic E-state index is 12.2. The van der Waals surface area contributed by atoms with Gasteiger partial charge in [0.15, 0.2) is 0 Å². The van der Waals surface area contributed by atoms with Crippen molar-refractivity contribution >= 4 is 21.6 Å². The van der Waals surface area contributed by atoms with Crippen molar-refractivity contribution in [3.05, 3.63) is 29.3 Å². The van der Waals surface area contributed by atoms with E-state index in [0.717, 1.165) is 11.1 Å². The smallest absolute Gasteiger partial charge is 0.207 e. The lowest BCUT2D eigenvalue weighted by Crippen LogP contribution is -2.39. The van der Waals surface area contributed by atoms with Crippen LogP contribution in [0.2, 0.25) is 0 Å². The van der Waals surface area contributed by atoms with E-state index in [4.69, 9.17) is 11.6 Å². The molecule has 0 bridgehead atoms. The summed E-state index contributed by atoms with van der Waals surface area (Å²) in [4.78, 5) is 0.293. The maximum absolute atomic E-state index is 12.2. The molecular weight excluding hydrogens is 270 g/mol. The van der Waals surface area contributed by atoms with Gasteiger partial charge in [-0.3, -0.25) is 0 Å². The molecule has 0 radical (unpaired) electrons. The Bertz CT molecular complexity index is 512. The zero-order valence-corrected chi connectivity index (χ0v) is 12.8. The van der Waals surface area contributed by atoms with Crippen molar-refractivity contribution in [2.24, 2.45) is 5.92 Å². The Hall–Kier alpha value is -0.580. The van der Waals surface area contributed by atoms with Gasteiger partial charge in [-0.25, -0.2) is 13.1 Å². The van der Waals surface area contributed by atoms with Crippen molar-refractivity contribution in [1.29, 1.82) is 0 Å². The van der Waals surface area contributed by atoms with E-state index in [0.29, 0.717) is 4.90 Å². The van der Waals surface area contributed by atoms with E-state index in [-0.39, 0.29) is 17.8 Å². The van der Waals surface area contributed by atoms with Crippen LogP contribution in [-0.4, -0.2) is 20.3 Å². The molecule has 102 valence electrons. The van der Waals surface area contributed by atoms with Crippen LogP contribution in [0.5, 0.6) is 0 Å². The van der Waals surface area contributed by atoms with Crippen LogP contribution in [0.3, 0.4) is 0 Å². The second-order valence-corrected chi connectivity index (χ2v) is 6.89. The SMILES string of the molecule is Cc1ccc(S(=O)(=O)NC(CCl)C(C)C)cc1C. The summed E-state index contributed by atoms with van der Waals surface area (Å²) in [5, 5.41) is 0. The van der Waals surface area contributed by atoms with Gasteiger partial charge in [0.25, 0.3) is 0 Å². The maximum Gasteiger partial charge on any atom is 0.240 e. The summed E-state index contributed by atoms with van der Waals surface area (Å²) < 4.78 is 27.0. The fourth-order valence-electron chi connectivity index (χ4n) is 1.49. The third-order valence-corrected chi connectivity index (χ3v) is 4.89. The molecule has 1 unspecified atom stereocenters. The second-order valence-electron chi connectivity index (χ2n) is 4.87. The molecule has 1 atom stereocenters. The van der Waals surface area contributed by atoms with Gasteiger partial charge in [0.05, 0.1) is 4.90 Å². The first kappa shape index (κ1) is 15.5. The van der Waals surface area contributed by atoms with Crippen LogP contribution in [-0.2, 0) is 10.0 Å². The summed E-state index contributed by atoms with van der Waals surface area (Å²) in [5.74, 6) is 0.422. The first-order valence-corrected chi connectivity index (χ1v) is 7.95. The van der Waals surface area contributed by atoms with Crippen LogP contribution < -0.4 is 4.72 Å². The van der Waals surface area contributed by atoms with Gasteiger partial charge in [0, 0.05) is 11.9 Å². The lowest BCUT2D eigenvalue weighted by molar-refractivity contribution is 0.480. The molecule has 1 aromatic rings. The molecule has 0 aliphatic rings. The van der Waals surface area contributed by atoms with Gasteiger partial charge < -0.3 is 0 Å². The Balaban J connectivity index is 3.02. The van der Waals surface area contributed by atoms with E-state index in [1.54, 1.807) is 12.1 Å². The lowest BCUT2D eigenvalue weighted by Gasteiger charge is -2.20. The van der Waals surface area contributed by atoms with Crippen LogP contribution in [0.15, 0.2) is 23.1 Å². The number of halogens is 1. The lowest BCUT2D eigenvalue weighted by atomic mass is 10.1. The largest absolute Gasteiger partial charge is 0.240 e. The second kappa shape index (κ2) is 6.04. The van der Waals surface area contributed by atoms with Gasteiger partial charge in [-0.15, -0.1) is 11.6 Å². The number of sulfonamides is 1. The molecule has 0 amide bonds. The highest BCUT2D eigenvalue weighted by Crippen LogP contribution is 2.16. The topological polar surface area (TPSA) is 46.2 Å². The summed E-state index contributed by atoms with van der Waals surface area (Å²) in [6.45, 7) is 7.73. The first-order valence-electron chi connectivity index (χ1n) is 5.93. The highest BCUT2D eigenvalue weighted by molar-refractivity contribution is 7.89. The van der Waals surface area contributed by atoms with Gasteiger partial charge >= 0.3 is 0 Å². The molecule has 0 aromatic heterocycles. The molecular formula is C13H20ClNO2S. The van der Waals surface area contributed by atoms with E-state index in [1.165, 1.54) is 0 Å². The number of hydrogen-bond acceptors (Lipinski definition) is 2. The molecule has 1 aromatic carbocycles. The van der Waals surface area contributed by atoms with E-state index >= 15 is 0 Å². The normalized spacial score (nSPS) is 13.9. The summed E-state index contributed by atoms with van der Waals surface area (Å²) >= 11 is 5.79. The molecule has 5 heteroatoms. The average molecular weight is 290 g/mol. The van der Waals surface area contributed by atoms with Gasteiger partial charge in [0.1, 0.15) is 0 Å². The minimum Gasteiger partial charge on any atom is -0.207 e. The predicted molar refractivity (Wildman–Crippen MR) is 75.6 cm³/mol. The van der Waals surface area contributed by atoms with Crippen LogP contribution in [0.1, 0.15) is 25.0 Å². The molecule has 0 heterocycles. The van der Waals surface area contributed by atoms with Gasteiger partial charge in [-0.1, -0.05) is 19.9 Å². The zero-order chi connectivity index (χ0) is 13.9. The summed E-state index contributed by atoms with van der Waals surface area (Å²) in [5.41, 5.74) is 2.04. The highest BCUT2D eigenvalue weighted by Gasteiger charge is 2.21. The fraction of sp³-hybridized carbons (Fsp3) is 0.538. The van der Waals surface area contributed by atoms with E-state index in [2.05, 4.69) is 4.72 Å². The summed E-state index contributed by atoms with van der Waals surface area (Å²) in [6, 6.07) is 4.87. The monoisotopic (exact) mass is 289 g/mol. The standard InChI is InChI=1S/C13H20ClNO2S/c1-9(2)13(8-14)15-18(16,17)12-6-5-10(3)11(4)7-12/h5-7,9,13,15H,8H2,1-4H3. The zero-order valence-electron chi connectivity index (χ0n) is 11.2. The molecule has 0 aliphatic carbocycles. The van der Waals surface area contributed by atoms with Gasteiger partial charge in [-0.05, 0) is 43.0 Å². The Labute approximate surface area is 115 Å². The number of hydrogen-bond donors (Lipinski definition) is 1. The number of rotatable bonds is 5. The number of alkyl halides is 1. The Morgan fingerprint density at radius 2 is 1.83 bits per heavy atom. The third-order valence-electron chi connectivity index (χ3n) is 3.07. The van der Waals surface area contributed by atoms with Crippen molar-refractivity contribution in [3.63, 3.8) is 0 Å². The fourth-order valence-corrected chi connectivity index (χ4v) is 3.49. The molecule has 0 saturated carbocycles. The van der Waals surface area contributed by atoms with Gasteiger partial charge in [0.2, 0.25) is 10.0 Å². The first-order chi connectivity index (χ1) is 8.27. The number of nitrogens with one attached hydrogen (secondary N) is 1. The van der Waals surface area contributed by atoms with Gasteiger partial charge in [-0.2, -0.15) is 0 Å². The minimum atomic E-state index is -3.49. The molecule has 0 aliphatic heterocycles. The van der Waals surface area contributed by atoms with Crippen molar-refractivity contribution in [3.8, 4) is 0 Å². The quantitative estimate of drug-likeness (QED) is 0.847. The van der Waals surface area contributed by atoms with Crippen LogP contribution in [0, 0.1) is 19.8 Å². The van der Waals surface area contributed by atoms with Crippen LogP contribution >= 0.6 is 11.6 Å². The number of aryl methyl sites for hydroxylation is 2. The Morgan fingerprint density at radius 3 is 2.28 bits per heavy atom. The van der Waals surface area contributed by atoms with Crippen molar-refractivity contribution in [2.45, 2.75) is 38.6 Å². The molecule has 0 saturated heterocycles. The molecule has 1 N–H and O–H groups in total. The Kier molecular flexibility index (Phi) is 5.20. The van der Waals surface area contributed by atoms with Crippen LogP contribution in [0.25, 0.3) is 0 Å². The van der Waals surface area contributed by atoms with Crippen molar-refractivity contribution < 1.29 is 8.42 Å². The van der Waals surface area contributed by atoms with Crippen LogP contribution in [0.4, 0.5) is 0 Å². The van der Waals surface area contributed by atoms with E-state index in [9.17, 15) is 8.42 Å². The van der Waals surface area contributed by atoms with Crippen molar-refractivity contribution in [2.75, 3.05) is 5.88 Å². The summed E-state index contributed by atoms with van der Waals surface area (Å²) in [6.07, 6.45) is 0. The van der Waals surface area contributed by atoms with E-state index < -0.39 is 10.0 Å². The minimum absolute atomic E-state index is 0.156. The number of benzene rings is 1. The average Bonchev–Trinajstić information content (AvgIpc) is 2.29. The molecule has 3 nitrogen and oxygen atoms in total. The summed E-state index contributed by atoms with van der Waals surface area (Å²) in [7, 11) is -3.49. The third kappa shape index (κ3) is 3.70. The Morgan fingerprint density at radius 1 is 1.22 bits per heavy atom. The molecule has 0 fully saturated rings. The van der Waals surface area contributed by atoms with E-state index in [1.807, 2.05) is 33.8 Å². The predicted octanol–water partition coefficient (Wildman–Crippen LogP) is 2.85. The molecule has 0 spiro atoms.